The molecule has 2 aromatic rings. The second-order valence-corrected chi connectivity index (χ2v) is 5.72. The number of benzene rings is 1. The molecule has 1 N–H and O–H groups in total. The lowest BCUT2D eigenvalue weighted by atomic mass is 10.1. The molecule has 0 aliphatic rings. The van der Waals surface area contributed by atoms with Gasteiger partial charge in [-0.3, -0.25) is 0 Å². The van der Waals surface area contributed by atoms with Crippen LogP contribution >= 0.6 is 11.3 Å². The zero-order valence-electron chi connectivity index (χ0n) is 10.9. The molecule has 0 aliphatic heterocycles. The average Bonchev–Trinajstić information content (AvgIpc) is 2.72. The van der Waals surface area contributed by atoms with Crippen molar-refractivity contribution in [1.82, 2.24) is 4.98 Å². The average molecular weight is 261 g/mol. The number of aryl methyl sites for hydroxylation is 2. The zero-order chi connectivity index (χ0) is 13.0. The summed E-state index contributed by atoms with van der Waals surface area (Å²) in [7, 11) is 0. The molecule has 3 heteroatoms. The fourth-order valence-corrected chi connectivity index (χ4v) is 2.98. The van der Waals surface area contributed by atoms with Gasteiger partial charge < -0.3 is 5.11 Å². The van der Waals surface area contributed by atoms with Gasteiger partial charge in [-0.1, -0.05) is 37.6 Å². The molecule has 96 valence electrons. The highest BCUT2D eigenvalue weighted by atomic mass is 32.1. The summed E-state index contributed by atoms with van der Waals surface area (Å²) in [6, 6.07) is 8.66. The minimum atomic E-state index is 0.168. The molecule has 0 unspecified atom stereocenters. The van der Waals surface area contributed by atoms with Crippen molar-refractivity contribution in [2.24, 2.45) is 0 Å². The number of rotatable bonds is 5. The largest absolute Gasteiger partial charge is 0.396 e. The fraction of sp³-hybridized carbons (Fsp3) is 0.400. The third-order valence-corrected chi connectivity index (χ3v) is 3.96. The van der Waals surface area contributed by atoms with Gasteiger partial charge in [-0.15, -0.1) is 11.3 Å². The van der Waals surface area contributed by atoms with E-state index in [9.17, 15) is 0 Å². The van der Waals surface area contributed by atoms with Crippen molar-refractivity contribution < 1.29 is 5.11 Å². The van der Waals surface area contributed by atoms with Crippen LogP contribution in [-0.4, -0.2) is 16.7 Å². The molecule has 0 aliphatic carbocycles. The van der Waals surface area contributed by atoms with Gasteiger partial charge in [0.05, 0.1) is 10.7 Å². The van der Waals surface area contributed by atoms with Crippen molar-refractivity contribution in [2.75, 3.05) is 6.61 Å². The Morgan fingerprint density at radius 1 is 1.17 bits per heavy atom. The molecule has 0 bridgehead atoms. The van der Waals surface area contributed by atoms with Gasteiger partial charge in [0.15, 0.2) is 0 Å². The summed E-state index contributed by atoms with van der Waals surface area (Å²) >= 11 is 1.68. The van der Waals surface area contributed by atoms with Crippen LogP contribution in [0.15, 0.2) is 24.3 Å². The molecule has 2 nitrogen and oxygen atoms in total. The van der Waals surface area contributed by atoms with Gasteiger partial charge in [0.25, 0.3) is 0 Å². The summed E-state index contributed by atoms with van der Waals surface area (Å²) in [6.45, 7) is 4.45. The monoisotopic (exact) mass is 261 g/mol. The van der Waals surface area contributed by atoms with E-state index in [1.54, 1.807) is 11.3 Å². The van der Waals surface area contributed by atoms with Crippen LogP contribution in [0.4, 0.5) is 0 Å². The first-order chi connectivity index (χ1) is 8.74. The summed E-state index contributed by atoms with van der Waals surface area (Å²) in [5.41, 5.74) is 3.61. The van der Waals surface area contributed by atoms with Crippen molar-refractivity contribution in [2.45, 2.75) is 33.1 Å². The maximum Gasteiger partial charge on any atom is 0.0958 e. The Balaban J connectivity index is 2.24. The lowest BCUT2D eigenvalue weighted by Gasteiger charge is -2.02. The third kappa shape index (κ3) is 2.98. The smallest absolute Gasteiger partial charge is 0.0958 e. The number of aliphatic hydroxyl groups excluding tert-OH is 1. The number of nitrogens with zero attached hydrogens (tertiary/aromatic N) is 1. The molecule has 2 rings (SSSR count). The van der Waals surface area contributed by atoms with Gasteiger partial charge in [-0.05, 0) is 18.9 Å². The SMILES string of the molecule is CCCc1ccc(-c2nc(CCO)sc2C)cc1. The molecule has 18 heavy (non-hydrogen) atoms. The van der Waals surface area contributed by atoms with Crippen LogP contribution in [0.2, 0.25) is 0 Å². The molecule has 1 aromatic carbocycles. The number of aliphatic hydroxyl groups is 1. The Bertz CT molecular complexity index is 502. The van der Waals surface area contributed by atoms with E-state index >= 15 is 0 Å². The first-order valence-electron chi connectivity index (χ1n) is 6.41. The Morgan fingerprint density at radius 3 is 2.50 bits per heavy atom. The summed E-state index contributed by atoms with van der Waals surface area (Å²) < 4.78 is 0. The normalized spacial score (nSPS) is 10.8. The highest BCUT2D eigenvalue weighted by Crippen LogP contribution is 2.28. The maximum atomic E-state index is 8.95. The number of hydrogen-bond donors (Lipinski definition) is 1. The van der Waals surface area contributed by atoms with Gasteiger partial charge >= 0.3 is 0 Å². The summed E-state index contributed by atoms with van der Waals surface area (Å²) in [5, 5.41) is 9.97. The highest BCUT2D eigenvalue weighted by Gasteiger charge is 2.09. The van der Waals surface area contributed by atoms with E-state index in [0.29, 0.717) is 6.42 Å². The highest BCUT2D eigenvalue weighted by molar-refractivity contribution is 7.12. The number of thiazole rings is 1. The van der Waals surface area contributed by atoms with E-state index in [4.69, 9.17) is 5.11 Å². The number of aromatic nitrogens is 1. The Labute approximate surface area is 112 Å². The van der Waals surface area contributed by atoms with Gasteiger partial charge in [-0.25, -0.2) is 4.98 Å². The van der Waals surface area contributed by atoms with E-state index in [1.165, 1.54) is 22.4 Å². The summed E-state index contributed by atoms with van der Waals surface area (Å²) in [4.78, 5) is 5.83. The Morgan fingerprint density at radius 2 is 1.89 bits per heavy atom. The van der Waals surface area contributed by atoms with Crippen molar-refractivity contribution in [3.63, 3.8) is 0 Å². The van der Waals surface area contributed by atoms with Gasteiger partial charge in [0.2, 0.25) is 0 Å². The van der Waals surface area contributed by atoms with E-state index < -0.39 is 0 Å². The van der Waals surface area contributed by atoms with Crippen LogP contribution in [0, 0.1) is 6.92 Å². The first kappa shape index (κ1) is 13.2. The molecule has 0 fully saturated rings. The molecular weight excluding hydrogens is 242 g/mol. The minimum absolute atomic E-state index is 0.168. The van der Waals surface area contributed by atoms with Crippen LogP contribution in [0.5, 0.6) is 0 Å². The van der Waals surface area contributed by atoms with Crippen LogP contribution in [0.3, 0.4) is 0 Å². The van der Waals surface area contributed by atoms with Crippen LogP contribution < -0.4 is 0 Å². The number of hydrogen-bond acceptors (Lipinski definition) is 3. The zero-order valence-corrected chi connectivity index (χ0v) is 11.8. The molecule has 0 atom stereocenters. The molecule has 0 saturated heterocycles. The lowest BCUT2D eigenvalue weighted by Crippen LogP contribution is -1.89. The second-order valence-electron chi connectivity index (χ2n) is 4.43. The van der Waals surface area contributed by atoms with Gasteiger partial charge in [-0.2, -0.15) is 0 Å². The van der Waals surface area contributed by atoms with Crippen molar-refractivity contribution >= 4 is 11.3 Å². The Kier molecular flexibility index (Phi) is 4.50. The van der Waals surface area contributed by atoms with Crippen molar-refractivity contribution in [3.8, 4) is 11.3 Å². The molecule has 0 amide bonds. The topological polar surface area (TPSA) is 33.1 Å². The molecular formula is C15H19NOS. The van der Waals surface area contributed by atoms with Gasteiger partial charge in [0.1, 0.15) is 0 Å². The molecule has 1 heterocycles. The van der Waals surface area contributed by atoms with E-state index in [1.807, 2.05) is 0 Å². The second kappa shape index (κ2) is 6.12. The molecule has 0 spiro atoms. The predicted octanol–water partition coefficient (Wildman–Crippen LogP) is 3.61. The van der Waals surface area contributed by atoms with Gasteiger partial charge in [0, 0.05) is 23.5 Å². The molecule has 0 radical (unpaired) electrons. The molecule has 0 saturated carbocycles. The fourth-order valence-electron chi connectivity index (χ4n) is 2.04. The lowest BCUT2D eigenvalue weighted by molar-refractivity contribution is 0.299. The molecule has 1 aromatic heterocycles. The van der Waals surface area contributed by atoms with E-state index in [0.717, 1.165) is 17.1 Å². The van der Waals surface area contributed by atoms with Crippen LogP contribution in [-0.2, 0) is 12.8 Å². The summed E-state index contributed by atoms with van der Waals surface area (Å²) in [5.74, 6) is 0. The predicted molar refractivity (Wildman–Crippen MR) is 77.1 cm³/mol. The standard InChI is InChI=1S/C15H19NOS/c1-3-4-12-5-7-13(8-6-12)15-11(2)18-14(16-15)9-10-17/h5-8,17H,3-4,9-10H2,1-2H3. The van der Waals surface area contributed by atoms with Crippen LogP contribution in [0.25, 0.3) is 11.3 Å². The quantitative estimate of drug-likeness (QED) is 0.892. The maximum absolute atomic E-state index is 8.95. The van der Waals surface area contributed by atoms with Crippen LogP contribution in [0.1, 0.15) is 28.8 Å². The first-order valence-corrected chi connectivity index (χ1v) is 7.22. The minimum Gasteiger partial charge on any atom is -0.396 e. The van der Waals surface area contributed by atoms with E-state index in [2.05, 4.69) is 43.1 Å². The van der Waals surface area contributed by atoms with Crippen molar-refractivity contribution in [3.05, 3.63) is 39.7 Å². The van der Waals surface area contributed by atoms with Crippen molar-refractivity contribution in [1.29, 1.82) is 0 Å². The third-order valence-electron chi connectivity index (χ3n) is 2.93. The summed E-state index contributed by atoms with van der Waals surface area (Å²) in [6.07, 6.45) is 2.96. The Hall–Kier alpha value is -1.19. The van der Waals surface area contributed by atoms with E-state index in [-0.39, 0.29) is 6.61 Å².